The predicted molar refractivity (Wildman–Crippen MR) is 143 cm³/mol. The van der Waals surface area contributed by atoms with Gasteiger partial charge in [-0.3, -0.25) is 18.8 Å². The molecule has 35 heavy (non-hydrogen) atoms. The Bertz CT molecular complexity index is 1260. The van der Waals surface area contributed by atoms with E-state index >= 15 is 0 Å². The minimum absolute atomic E-state index is 0.140. The smallest absolute Gasteiger partial charge is 0.238 e. The van der Waals surface area contributed by atoms with Gasteiger partial charge in [-0.25, -0.2) is 18.1 Å². The van der Waals surface area contributed by atoms with E-state index in [2.05, 4.69) is 25.1 Å². The van der Waals surface area contributed by atoms with Gasteiger partial charge in [-0.2, -0.15) is 0 Å². The lowest BCUT2D eigenvalue weighted by atomic mass is 10.3. The molecule has 1 saturated heterocycles. The molecule has 0 saturated carbocycles. The van der Waals surface area contributed by atoms with Crippen molar-refractivity contribution in [3.05, 3.63) is 42.4 Å². The number of hydrogen-bond acceptors (Lipinski definition) is 8. The van der Waals surface area contributed by atoms with Crippen molar-refractivity contribution >= 4 is 56.2 Å². The number of imidazole rings is 1. The number of nitrogens with zero attached hydrogens (tertiary/aromatic N) is 5. The molecule has 4 rings (SSSR count). The second kappa shape index (κ2) is 11.7. The van der Waals surface area contributed by atoms with Crippen LogP contribution in [0.5, 0.6) is 0 Å². The molecule has 0 aliphatic carbocycles. The van der Waals surface area contributed by atoms with Gasteiger partial charge >= 0.3 is 0 Å². The van der Waals surface area contributed by atoms with E-state index in [1.54, 1.807) is 16.6 Å². The van der Waals surface area contributed by atoms with Crippen molar-refractivity contribution in [3.63, 3.8) is 0 Å². The summed E-state index contributed by atoms with van der Waals surface area (Å²) >= 11 is 1.50. The molecule has 1 amide bonds. The Balaban J connectivity index is 1.27. The molecule has 1 aliphatic rings. The number of pyridine rings is 1. The quantitative estimate of drug-likeness (QED) is 0.416. The zero-order valence-corrected chi connectivity index (χ0v) is 22.5. The Labute approximate surface area is 214 Å². The van der Waals surface area contributed by atoms with Crippen LogP contribution in [0.3, 0.4) is 0 Å². The number of aromatic nitrogens is 3. The van der Waals surface area contributed by atoms with E-state index in [1.807, 2.05) is 43.5 Å². The minimum Gasteiger partial charge on any atom is -0.322 e. The van der Waals surface area contributed by atoms with E-state index in [-0.39, 0.29) is 12.5 Å². The Morgan fingerprint density at radius 2 is 1.86 bits per heavy atom. The van der Waals surface area contributed by atoms with Crippen molar-refractivity contribution in [1.82, 2.24) is 23.7 Å². The summed E-state index contributed by atoms with van der Waals surface area (Å²) in [5.74, 6) is 0.384. The van der Waals surface area contributed by atoms with Crippen molar-refractivity contribution in [2.24, 2.45) is 0 Å². The van der Waals surface area contributed by atoms with Gasteiger partial charge in [0.05, 0.1) is 39.8 Å². The molecule has 9 nitrogen and oxygen atoms in total. The average molecular weight is 535 g/mol. The number of benzene rings is 1. The number of aryl methyl sites for hydroxylation is 1. The van der Waals surface area contributed by atoms with E-state index in [1.165, 1.54) is 11.8 Å². The molecule has 0 bridgehead atoms. The van der Waals surface area contributed by atoms with Crippen LogP contribution in [0, 0.1) is 6.92 Å². The van der Waals surface area contributed by atoms with Gasteiger partial charge in [-0.05, 0) is 31.4 Å². The molecular weight excluding hydrogens is 504 g/mol. The lowest BCUT2D eigenvalue weighted by molar-refractivity contribution is -0.117. The van der Waals surface area contributed by atoms with Crippen molar-refractivity contribution in [1.29, 1.82) is 0 Å². The monoisotopic (exact) mass is 534 g/mol. The molecule has 2 atom stereocenters. The Morgan fingerprint density at radius 1 is 1.14 bits per heavy atom. The molecule has 3 heterocycles. The van der Waals surface area contributed by atoms with Crippen molar-refractivity contribution in [2.45, 2.75) is 16.8 Å². The summed E-state index contributed by atoms with van der Waals surface area (Å²) in [6.45, 7) is 5.96. The number of thioether (sulfide) groups is 1. The van der Waals surface area contributed by atoms with Crippen LogP contribution in [0.25, 0.3) is 11.0 Å². The summed E-state index contributed by atoms with van der Waals surface area (Å²) in [6, 6.07) is 9.59. The van der Waals surface area contributed by atoms with Crippen LogP contribution in [-0.2, 0) is 26.6 Å². The van der Waals surface area contributed by atoms with Crippen LogP contribution < -0.4 is 5.32 Å². The van der Waals surface area contributed by atoms with Gasteiger partial charge in [0.2, 0.25) is 5.91 Å². The number of amides is 1. The molecule has 3 aromatic rings. The number of fused-ring (bicyclic) bond motifs is 1. The summed E-state index contributed by atoms with van der Waals surface area (Å²) < 4.78 is 26.7. The highest BCUT2D eigenvalue weighted by molar-refractivity contribution is 7.98. The first-order valence-electron chi connectivity index (χ1n) is 11.3. The summed E-state index contributed by atoms with van der Waals surface area (Å²) in [7, 11) is -2.48. The standard InChI is InChI=1S/C23H30N6O3S3/c1-17-14-20(33-2)22(23(25-17)34(3)31)26-21(30)15-28-10-8-27(9-11-28)12-13-35(32)29-16-24-18-6-4-5-7-19(18)29/h4-7,14,16H,8-13,15H2,1-3H3,(H,26,30). The molecule has 1 N–H and O–H groups in total. The van der Waals surface area contributed by atoms with E-state index in [0.29, 0.717) is 16.5 Å². The largest absolute Gasteiger partial charge is 0.322 e. The molecule has 188 valence electrons. The van der Waals surface area contributed by atoms with Crippen LogP contribution >= 0.6 is 11.8 Å². The Kier molecular flexibility index (Phi) is 8.71. The molecule has 1 aliphatic heterocycles. The highest BCUT2D eigenvalue weighted by atomic mass is 32.2. The highest BCUT2D eigenvalue weighted by Gasteiger charge is 2.22. The van der Waals surface area contributed by atoms with Crippen LogP contribution in [-0.4, -0.2) is 95.6 Å². The number of rotatable bonds is 9. The van der Waals surface area contributed by atoms with E-state index < -0.39 is 21.8 Å². The summed E-state index contributed by atoms with van der Waals surface area (Å²) in [4.78, 5) is 26.7. The number of piperazine rings is 1. The van der Waals surface area contributed by atoms with Crippen LogP contribution in [0.2, 0.25) is 0 Å². The van der Waals surface area contributed by atoms with Crippen LogP contribution in [0.1, 0.15) is 5.69 Å². The second-order valence-electron chi connectivity index (χ2n) is 8.35. The third-order valence-electron chi connectivity index (χ3n) is 5.89. The number of anilines is 1. The van der Waals surface area contributed by atoms with E-state index in [9.17, 15) is 13.2 Å². The molecule has 2 unspecified atom stereocenters. The molecule has 0 radical (unpaired) electrons. The normalized spacial score (nSPS) is 16.9. The maximum Gasteiger partial charge on any atom is 0.238 e. The Morgan fingerprint density at radius 3 is 2.57 bits per heavy atom. The van der Waals surface area contributed by atoms with Crippen LogP contribution in [0.15, 0.2) is 46.6 Å². The van der Waals surface area contributed by atoms with Crippen molar-refractivity contribution in [2.75, 3.05) is 62.8 Å². The first-order valence-corrected chi connectivity index (χ1v) is 15.4. The maximum atomic E-state index is 12.8. The summed E-state index contributed by atoms with van der Waals surface area (Å²) in [6.07, 6.45) is 5.14. The van der Waals surface area contributed by atoms with Gasteiger partial charge in [-0.1, -0.05) is 12.1 Å². The lowest BCUT2D eigenvalue weighted by Gasteiger charge is -2.34. The van der Waals surface area contributed by atoms with Crippen molar-refractivity contribution < 1.29 is 13.2 Å². The predicted octanol–water partition coefficient (Wildman–Crippen LogP) is 1.97. The topological polar surface area (TPSA) is 100 Å². The molecular formula is C23H30N6O3S3. The number of carbonyl (C=O) groups excluding carboxylic acids is 1. The van der Waals surface area contributed by atoms with Gasteiger partial charge in [0.25, 0.3) is 0 Å². The van der Waals surface area contributed by atoms with E-state index in [4.69, 9.17) is 0 Å². The molecule has 1 fully saturated rings. The highest BCUT2D eigenvalue weighted by Crippen LogP contribution is 2.30. The number of nitrogens with one attached hydrogen (secondary N) is 1. The fraction of sp³-hybridized carbons (Fsp3) is 0.435. The molecule has 2 aromatic heterocycles. The zero-order valence-electron chi connectivity index (χ0n) is 20.1. The van der Waals surface area contributed by atoms with Crippen LogP contribution in [0.4, 0.5) is 5.69 Å². The molecule has 12 heteroatoms. The first kappa shape index (κ1) is 26.0. The minimum atomic E-state index is -1.31. The van der Waals surface area contributed by atoms with E-state index in [0.717, 1.165) is 54.3 Å². The average Bonchev–Trinajstić information content (AvgIpc) is 3.28. The molecule has 0 spiro atoms. The second-order valence-corrected chi connectivity index (χ2v) is 11.9. The van der Waals surface area contributed by atoms with Gasteiger partial charge in [0.15, 0.2) is 5.03 Å². The van der Waals surface area contributed by atoms with Gasteiger partial charge in [-0.15, -0.1) is 11.8 Å². The number of hydrogen-bond donors (Lipinski definition) is 1. The fourth-order valence-corrected chi connectivity index (χ4v) is 6.62. The first-order chi connectivity index (χ1) is 16.9. The summed E-state index contributed by atoms with van der Waals surface area (Å²) in [5.41, 5.74) is 3.04. The van der Waals surface area contributed by atoms with Gasteiger partial charge in [0, 0.05) is 49.6 Å². The Hall–Kier alpha value is -2.12. The van der Waals surface area contributed by atoms with Gasteiger partial charge < -0.3 is 5.32 Å². The summed E-state index contributed by atoms with van der Waals surface area (Å²) in [5, 5.41) is 3.36. The third-order valence-corrected chi connectivity index (χ3v) is 8.75. The van der Waals surface area contributed by atoms with Gasteiger partial charge in [0.1, 0.15) is 17.3 Å². The fourth-order valence-electron chi connectivity index (χ4n) is 4.06. The lowest BCUT2D eigenvalue weighted by Crippen LogP contribution is -2.49. The number of carbonyl (C=O) groups is 1. The SMILES string of the molecule is CSc1cc(C)nc(S(C)=O)c1NC(=O)CN1CCN(CCS(=O)n2cnc3ccccc32)CC1. The third kappa shape index (κ3) is 6.36. The van der Waals surface area contributed by atoms with Crippen molar-refractivity contribution in [3.8, 4) is 0 Å². The zero-order chi connectivity index (χ0) is 24.9. The maximum absolute atomic E-state index is 12.8. The molecule has 1 aromatic carbocycles. The number of para-hydroxylation sites is 2.